The number of carbonyl (C=O) groups is 2. The van der Waals surface area contributed by atoms with Crippen molar-refractivity contribution in [3.8, 4) is 0 Å². The quantitative estimate of drug-likeness (QED) is 0.340. The molecule has 0 aromatic heterocycles. The maximum absolute atomic E-state index is 14.1. The Labute approximate surface area is 207 Å². The summed E-state index contributed by atoms with van der Waals surface area (Å²) in [7, 11) is 0. The monoisotopic (exact) mass is 485 g/mol. The van der Waals surface area contributed by atoms with Crippen LogP contribution in [0, 0.1) is 5.41 Å². The van der Waals surface area contributed by atoms with E-state index >= 15 is 0 Å². The predicted molar refractivity (Wildman–Crippen MR) is 137 cm³/mol. The number of nitrogens with zero attached hydrogens (tertiary/aromatic N) is 1. The van der Waals surface area contributed by atoms with Gasteiger partial charge >= 0.3 is 0 Å². The number of amides is 1. The molecule has 0 aliphatic carbocycles. The number of allylic oxidation sites excluding steroid dienone is 1. The molecule has 0 spiro atoms. The van der Waals surface area contributed by atoms with Crippen molar-refractivity contribution in [1.29, 1.82) is 0 Å². The summed E-state index contributed by atoms with van der Waals surface area (Å²) in [5, 5.41) is 1.34. The Kier molecular flexibility index (Phi) is 8.42. The normalized spacial score (nSPS) is 23.9. The number of hydrogen-bond donors (Lipinski definition) is 0. The summed E-state index contributed by atoms with van der Waals surface area (Å²) in [6.45, 7) is 9.67. The topological polar surface area (TPSA) is 37.4 Å². The molecule has 4 atom stereocenters. The van der Waals surface area contributed by atoms with Crippen LogP contribution in [0.1, 0.15) is 76.0 Å². The van der Waals surface area contributed by atoms with E-state index in [9.17, 15) is 9.59 Å². The summed E-state index contributed by atoms with van der Waals surface area (Å²) in [5.74, 6) is 0.302. The van der Waals surface area contributed by atoms with Crippen molar-refractivity contribution in [2.75, 3.05) is 0 Å². The van der Waals surface area contributed by atoms with Crippen molar-refractivity contribution in [2.24, 2.45) is 5.41 Å². The molecule has 1 aliphatic rings. The van der Waals surface area contributed by atoms with Gasteiger partial charge in [-0.25, -0.2) is 0 Å². The van der Waals surface area contributed by atoms with Crippen molar-refractivity contribution < 1.29 is 9.59 Å². The lowest BCUT2D eigenvalue weighted by Gasteiger charge is -2.52. The molecular weight excluding hydrogens is 453 g/mol. The minimum Gasteiger partial charge on any atom is -0.332 e. The molecule has 1 aliphatic heterocycles. The Hall–Kier alpha value is -2.10. The fraction of sp³-hybridized carbons (Fsp3) is 0.429. The van der Waals surface area contributed by atoms with Crippen molar-refractivity contribution in [3.63, 3.8) is 0 Å². The maximum atomic E-state index is 14.1. The first-order valence-corrected chi connectivity index (χ1v) is 12.4. The summed E-state index contributed by atoms with van der Waals surface area (Å²) < 4.78 is 0. The van der Waals surface area contributed by atoms with Crippen LogP contribution >= 0.6 is 23.2 Å². The van der Waals surface area contributed by atoms with Crippen LogP contribution in [0.2, 0.25) is 10.0 Å². The second kappa shape index (κ2) is 10.9. The molecule has 1 fully saturated rings. The number of hydrogen-bond acceptors (Lipinski definition) is 2. The Morgan fingerprint density at radius 3 is 2.45 bits per heavy atom. The van der Waals surface area contributed by atoms with E-state index in [0.29, 0.717) is 35.7 Å². The third-order valence-corrected chi connectivity index (χ3v) is 7.37. The Balaban J connectivity index is 2.20. The fourth-order valence-electron chi connectivity index (χ4n) is 5.20. The van der Waals surface area contributed by atoms with Gasteiger partial charge < -0.3 is 9.69 Å². The molecule has 0 bridgehead atoms. The fourth-order valence-corrected chi connectivity index (χ4v) is 5.52. The summed E-state index contributed by atoms with van der Waals surface area (Å²) in [6.07, 6.45) is 4.99. The second-order valence-corrected chi connectivity index (χ2v) is 10.3. The van der Waals surface area contributed by atoms with Gasteiger partial charge in [-0.05, 0) is 68.0 Å². The van der Waals surface area contributed by atoms with E-state index in [2.05, 4.69) is 24.5 Å². The van der Waals surface area contributed by atoms with E-state index < -0.39 is 5.41 Å². The largest absolute Gasteiger partial charge is 0.332 e. The summed E-state index contributed by atoms with van der Waals surface area (Å²) in [6, 6.07) is 15.5. The lowest BCUT2D eigenvalue weighted by molar-refractivity contribution is -0.155. The van der Waals surface area contributed by atoms with Crippen LogP contribution in [-0.4, -0.2) is 22.6 Å². The van der Waals surface area contributed by atoms with E-state index in [0.717, 1.165) is 17.5 Å². The third-order valence-electron chi connectivity index (χ3n) is 6.88. The molecule has 1 amide bonds. The molecule has 3 unspecified atom stereocenters. The number of ketones is 1. The molecule has 176 valence electrons. The van der Waals surface area contributed by atoms with Crippen LogP contribution in [0.3, 0.4) is 0 Å². The average Bonchev–Trinajstić information content (AvgIpc) is 2.77. The van der Waals surface area contributed by atoms with Crippen molar-refractivity contribution in [2.45, 2.75) is 70.9 Å². The van der Waals surface area contributed by atoms with Crippen LogP contribution in [0.5, 0.6) is 0 Å². The molecule has 3 nitrogen and oxygen atoms in total. The molecule has 2 aromatic carbocycles. The molecule has 0 N–H and O–H groups in total. The minimum absolute atomic E-state index is 0.0407. The maximum Gasteiger partial charge on any atom is 0.229 e. The zero-order valence-electron chi connectivity index (χ0n) is 19.7. The van der Waals surface area contributed by atoms with Gasteiger partial charge in [-0.15, -0.1) is 6.58 Å². The predicted octanol–water partition coefficient (Wildman–Crippen LogP) is 7.78. The minimum atomic E-state index is -0.582. The second-order valence-electron chi connectivity index (χ2n) is 9.43. The van der Waals surface area contributed by atoms with E-state index in [1.54, 1.807) is 6.92 Å². The highest BCUT2D eigenvalue weighted by molar-refractivity contribution is 6.30. The number of benzene rings is 2. The lowest BCUT2D eigenvalue weighted by Crippen LogP contribution is -2.55. The van der Waals surface area contributed by atoms with Gasteiger partial charge in [0.1, 0.15) is 5.78 Å². The summed E-state index contributed by atoms with van der Waals surface area (Å²) in [5.41, 5.74) is 1.57. The van der Waals surface area contributed by atoms with Gasteiger partial charge in [0.15, 0.2) is 0 Å². The van der Waals surface area contributed by atoms with Gasteiger partial charge in [-0.3, -0.25) is 4.79 Å². The van der Waals surface area contributed by atoms with E-state index in [1.807, 2.05) is 55.5 Å². The number of Topliss-reactive ketones (excluding diaryl/α,β-unsaturated/α-hetero) is 1. The molecule has 0 saturated carbocycles. The molecule has 3 rings (SSSR count). The van der Waals surface area contributed by atoms with Crippen molar-refractivity contribution in [3.05, 3.63) is 82.4 Å². The Morgan fingerprint density at radius 1 is 1.18 bits per heavy atom. The van der Waals surface area contributed by atoms with Crippen LogP contribution in [0.4, 0.5) is 0 Å². The van der Waals surface area contributed by atoms with Crippen molar-refractivity contribution in [1.82, 2.24) is 4.90 Å². The highest BCUT2D eigenvalue weighted by Crippen LogP contribution is 2.52. The van der Waals surface area contributed by atoms with E-state index in [4.69, 9.17) is 23.2 Å². The van der Waals surface area contributed by atoms with Gasteiger partial charge in [0, 0.05) is 28.4 Å². The first kappa shape index (κ1) is 25.5. The van der Waals surface area contributed by atoms with Gasteiger partial charge in [0.2, 0.25) is 5.91 Å². The van der Waals surface area contributed by atoms with Gasteiger partial charge in [0.25, 0.3) is 0 Å². The van der Waals surface area contributed by atoms with Gasteiger partial charge in [-0.1, -0.05) is 67.4 Å². The Morgan fingerprint density at radius 2 is 1.88 bits per heavy atom. The summed E-state index contributed by atoms with van der Waals surface area (Å²) in [4.78, 5) is 28.0. The van der Waals surface area contributed by atoms with E-state index in [-0.39, 0.29) is 29.7 Å². The van der Waals surface area contributed by atoms with Gasteiger partial charge in [-0.2, -0.15) is 0 Å². The number of piperidine rings is 1. The average molecular weight is 486 g/mol. The SMILES string of the molecule is C=CCC1(C)CC(c2cccc(Cl)c2)C(c2ccc(Cl)cc2)N([C@@H](CC)CCC(C)=O)C1=O. The third kappa shape index (κ3) is 5.70. The van der Waals surface area contributed by atoms with Crippen LogP contribution in [0.15, 0.2) is 61.2 Å². The molecule has 1 heterocycles. The number of halogens is 2. The van der Waals surface area contributed by atoms with Crippen molar-refractivity contribution >= 4 is 34.9 Å². The number of rotatable bonds is 9. The first-order valence-electron chi connectivity index (χ1n) is 11.6. The van der Waals surface area contributed by atoms with E-state index in [1.165, 1.54) is 0 Å². The van der Waals surface area contributed by atoms with Crippen LogP contribution < -0.4 is 0 Å². The summed E-state index contributed by atoms with van der Waals surface area (Å²) >= 11 is 12.6. The Bertz CT molecular complexity index is 1000. The molecule has 1 saturated heterocycles. The molecule has 5 heteroatoms. The van der Waals surface area contributed by atoms with Crippen LogP contribution in [-0.2, 0) is 9.59 Å². The molecular formula is C28H33Cl2NO2. The molecule has 33 heavy (non-hydrogen) atoms. The smallest absolute Gasteiger partial charge is 0.229 e. The zero-order valence-corrected chi connectivity index (χ0v) is 21.2. The molecule has 0 radical (unpaired) electrons. The van der Waals surface area contributed by atoms with Crippen LogP contribution in [0.25, 0.3) is 0 Å². The standard InChI is InChI=1S/C28H33Cl2NO2/c1-5-16-28(4)18-25(21-8-7-9-23(30)17-21)26(20-11-13-22(29)14-12-20)31(27(28)33)24(6-2)15-10-19(3)32/h5,7-9,11-14,17,24-26H,1,6,10,15-16,18H2,2-4H3/t24-,25?,26?,28?/m0/s1. The highest BCUT2D eigenvalue weighted by atomic mass is 35.5. The number of carbonyl (C=O) groups excluding carboxylic acids is 2. The number of likely N-dealkylation sites (tertiary alicyclic amines) is 1. The zero-order chi connectivity index (χ0) is 24.2. The first-order chi connectivity index (χ1) is 15.7. The molecule has 2 aromatic rings. The lowest BCUT2D eigenvalue weighted by atomic mass is 9.67. The van der Waals surface area contributed by atoms with Gasteiger partial charge in [0.05, 0.1) is 11.5 Å². The highest BCUT2D eigenvalue weighted by Gasteiger charge is 2.50.